The molecule has 4 aromatic carbocycles. The summed E-state index contributed by atoms with van der Waals surface area (Å²) in [6, 6.07) is 24.9. The summed E-state index contributed by atoms with van der Waals surface area (Å²) in [6.07, 6.45) is 2.72. The predicted octanol–water partition coefficient (Wildman–Crippen LogP) is 9.35. The molecule has 0 radical (unpaired) electrons. The Labute approximate surface area is 393 Å². The van der Waals surface area contributed by atoms with Gasteiger partial charge in [0.2, 0.25) is 11.8 Å². The van der Waals surface area contributed by atoms with E-state index in [0.29, 0.717) is 12.8 Å². The summed E-state index contributed by atoms with van der Waals surface area (Å²) in [6.45, 7) is 10.0. The molecule has 17 heteroatoms. The van der Waals surface area contributed by atoms with Crippen LogP contribution in [0.15, 0.2) is 72.8 Å². The third-order valence-electron chi connectivity index (χ3n) is 11.2. The molecule has 2 fully saturated rings. The van der Waals surface area contributed by atoms with Gasteiger partial charge in [-0.05, 0) is 94.6 Å². The lowest BCUT2D eigenvalue weighted by Crippen LogP contribution is -2.47. The highest BCUT2D eigenvalue weighted by molar-refractivity contribution is 8.93. The van der Waals surface area contributed by atoms with Gasteiger partial charge in [0, 0.05) is 97.6 Å². The van der Waals surface area contributed by atoms with E-state index in [-0.39, 0.29) is 62.8 Å². The fraction of sp³-hybridized carbons (Fsp3) is 0.333. The quantitative estimate of drug-likeness (QED) is 0.156. The number of carbonyl (C=O) groups is 2. The van der Waals surface area contributed by atoms with Crippen LogP contribution in [-0.4, -0.2) is 95.8 Å². The molecular weight excluding hydrogens is 1020 g/mol. The normalized spacial score (nSPS) is 16.3. The maximum atomic E-state index is 11.6. The average molecular weight is 1070 g/mol. The molecule has 0 spiro atoms. The first-order chi connectivity index (χ1) is 27.3. The predicted molar refractivity (Wildman–Crippen MR) is 262 cm³/mol. The van der Waals surface area contributed by atoms with Gasteiger partial charge in [0.25, 0.3) is 0 Å². The van der Waals surface area contributed by atoms with Crippen molar-refractivity contribution in [2.75, 3.05) is 85.9 Å². The van der Waals surface area contributed by atoms with Gasteiger partial charge in [-0.1, -0.05) is 59.6 Å². The Bertz CT molecular complexity index is 2270. The van der Waals surface area contributed by atoms with Gasteiger partial charge in [-0.3, -0.25) is 19.4 Å². The molecular formula is C42H45Br3Cl2N8O2S2. The van der Waals surface area contributed by atoms with Crippen LogP contribution in [0.5, 0.6) is 0 Å². The van der Waals surface area contributed by atoms with Crippen LogP contribution in [-0.2, 0) is 35.3 Å². The van der Waals surface area contributed by atoms with Crippen LogP contribution in [0.4, 0.5) is 23.0 Å². The summed E-state index contributed by atoms with van der Waals surface area (Å²) in [5.74, 6) is 2.35. The van der Waals surface area contributed by atoms with Crippen LogP contribution in [0.25, 0.3) is 20.2 Å². The minimum Gasteiger partial charge on any atom is -0.353 e. The second kappa shape index (κ2) is 20.3. The lowest BCUT2D eigenvalue weighted by atomic mass is 10.1. The standard InChI is InChI=1S/2C21H21ClN4OS.3BrH/c2*22-17-13-18-15(12-20(27)23-18)11-14(17)5-6-25-7-9-26(10-8-25)21-16-3-1-2-4-19(16)28-24-21;;;/h2*1-4,11,13H,5-10,12H2,(H,23,27);3*1H. The zero-order valence-corrected chi connectivity index (χ0v) is 40.4. The van der Waals surface area contributed by atoms with Crippen LogP contribution in [0, 0.1) is 0 Å². The number of fused-ring (bicyclic) bond motifs is 4. The fourth-order valence-electron chi connectivity index (χ4n) is 8.11. The monoisotopic (exact) mass is 1060 g/mol. The van der Waals surface area contributed by atoms with Crippen molar-refractivity contribution in [2.24, 2.45) is 0 Å². The average Bonchev–Trinajstić information content (AvgIpc) is 4.01. The van der Waals surface area contributed by atoms with Crippen molar-refractivity contribution in [3.8, 4) is 0 Å². The topological polar surface area (TPSA) is 96.9 Å². The third kappa shape index (κ3) is 10.3. The molecule has 4 aliphatic rings. The molecule has 0 unspecified atom stereocenters. The molecule has 4 aliphatic heterocycles. The minimum atomic E-state index is 0. The summed E-state index contributed by atoms with van der Waals surface area (Å²) < 4.78 is 11.9. The molecule has 0 saturated carbocycles. The highest BCUT2D eigenvalue weighted by Crippen LogP contribution is 2.34. The van der Waals surface area contributed by atoms with Gasteiger partial charge in [0.1, 0.15) is 11.6 Å². The van der Waals surface area contributed by atoms with Gasteiger partial charge in [-0.2, -0.15) is 8.75 Å². The fourth-order valence-corrected chi connectivity index (χ4v) is 10.2. The number of hydrogen-bond acceptors (Lipinski definition) is 10. The number of carbonyl (C=O) groups excluding carboxylic acids is 2. The van der Waals surface area contributed by atoms with E-state index < -0.39 is 0 Å². The van der Waals surface area contributed by atoms with Crippen LogP contribution >= 0.6 is 97.2 Å². The van der Waals surface area contributed by atoms with Crippen molar-refractivity contribution in [1.29, 1.82) is 0 Å². The molecule has 6 heterocycles. The number of aromatic nitrogens is 2. The van der Waals surface area contributed by atoms with E-state index in [9.17, 15) is 9.59 Å². The minimum absolute atomic E-state index is 0. The molecule has 2 aromatic heterocycles. The van der Waals surface area contributed by atoms with E-state index in [2.05, 4.69) is 99.6 Å². The van der Waals surface area contributed by atoms with Gasteiger partial charge in [0.05, 0.1) is 22.2 Å². The Balaban J connectivity index is 0.000000189. The van der Waals surface area contributed by atoms with E-state index in [4.69, 9.17) is 23.2 Å². The van der Waals surface area contributed by atoms with Crippen LogP contribution in [0.2, 0.25) is 10.0 Å². The Morgan fingerprint density at radius 3 is 1.36 bits per heavy atom. The molecule has 6 aromatic rings. The second-order valence-electron chi connectivity index (χ2n) is 14.8. The van der Waals surface area contributed by atoms with Crippen LogP contribution in [0.3, 0.4) is 0 Å². The van der Waals surface area contributed by atoms with Crippen LogP contribution in [0.1, 0.15) is 22.3 Å². The number of rotatable bonds is 8. The zero-order chi connectivity index (χ0) is 38.2. The number of nitrogens with zero attached hydrogens (tertiary/aromatic N) is 6. The van der Waals surface area contributed by atoms with E-state index in [1.165, 1.54) is 20.2 Å². The molecule has 2 amide bonds. The highest BCUT2D eigenvalue weighted by Gasteiger charge is 2.25. The van der Waals surface area contributed by atoms with Crippen molar-refractivity contribution in [2.45, 2.75) is 25.7 Å². The Morgan fingerprint density at radius 1 is 0.559 bits per heavy atom. The van der Waals surface area contributed by atoms with Gasteiger partial charge in [-0.25, -0.2) is 0 Å². The summed E-state index contributed by atoms with van der Waals surface area (Å²) in [5, 5.41) is 9.72. The maximum absolute atomic E-state index is 11.6. The molecule has 2 saturated heterocycles. The van der Waals surface area contributed by atoms with Crippen molar-refractivity contribution in [3.63, 3.8) is 0 Å². The van der Waals surface area contributed by atoms with Gasteiger partial charge in [0.15, 0.2) is 0 Å². The number of hydrogen-bond donors (Lipinski definition) is 2. The number of nitrogens with one attached hydrogen (secondary N) is 2. The summed E-state index contributed by atoms with van der Waals surface area (Å²) >= 11 is 16.0. The van der Waals surface area contributed by atoms with Crippen molar-refractivity contribution in [3.05, 3.63) is 105 Å². The molecule has 2 N–H and O–H groups in total. The zero-order valence-electron chi connectivity index (χ0n) is 32.1. The Hall–Kier alpha value is -2.86. The SMILES string of the molecule is Br.Br.Br.O=C1Cc2cc(CCN3CCN(c4nsc5ccccc45)CC3)c(Cl)cc2N1.O=C1Cc2cc(CCN3CCN(c4nsc5ccccc45)CC3)c(Cl)cc2N1. The Morgan fingerprint density at radius 2 is 0.949 bits per heavy atom. The van der Waals surface area contributed by atoms with E-state index >= 15 is 0 Å². The summed E-state index contributed by atoms with van der Waals surface area (Å²) in [7, 11) is 0. The first-order valence-electron chi connectivity index (χ1n) is 19.2. The molecule has 0 atom stereocenters. The summed E-state index contributed by atoms with van der Waals surface area (Å²) in [5.41, 5.74) is 6.11. The van der Waals surface area contributed by atoms with Gasteiger partial charge in [-0.15, -0.1) is 50.9 Å². The number of benzene rings is 4. The largest absolute Gasteiger partial charge is 0.353 e. The van der Waals surface area contributed by atoms with Crippen molar-refractivity contribution in [1.82, 2.24) is 18.5 Å². The first kappa shape index (κ1) is 45.7. The van der Waals surface area contributed by atoms with Gasteiger partial charge < -0.3 is 20.4 Å². The second-order valence-corrected chi connectivity index (χ2v) is 17.2. The number of anilines is 4. The van der Waals surface area contributed by atoms with E-state index in [0.717, 1.165) is 134 Å². The smallest absolute Gasteiger partial charge is 0.228 e. The molecule has 312 valence electrons. The number of amides is 2. The highest BCUT2D eigenvalue weighted by atomic mass is 79.9. The lowest BCUT2D eigenvalue weighted by Gasteiger charge is -2.35. The van der Waals surface area contributed by atoms with E-state index in [1.54, 1.807) is 23.1 Å². The third-order valence-corrected chi connectivity index (χ3v) is 13.6. The Kier molecular flexibility index (Phi) is 15.7. The maximum Gasteiger partial charge on any atom is 0.228 e. The molecule has 0 aliphatic carbocycles. The summed E-state index contributed by atoms with van der Waals surface area (Å²) in [4.78, 5) is 32.9. The lowest BCUT2D eigenvalue weighted by molar-refractivity contribution is -0.115. The van der Waals surface area contributed by atoms with Crippen molar-refractivity contribution < 1.29 is 9.59 Å². The number of halogens is 5. The molecule has 0 bridgehead atoms. The molecule has 10 nitrogen and oxygen atoms in total. The first-order valence-corrected chi connectivity index (χ1v) is 21.5. The van der Waals surface area contributed by atoms with Gasteiger partial charge >= 0.3 is 0 Å². The van der Waals surface area contributed by atoms with Crippen LogP contribution < -0.4 is 20.4 Å². The number of piperazine rings is 2. The van der Waals surface area contributed by atoms with Crippen molar-refractivity contribution >= 4 is 152 Å². The molecule has 59 heavy (non-hydrogen) atoms. The van der Waals surface area contributed by atoms with E-state index in [1.807, 2.05) is 12.1 Å². The molecule has 10 rings (SSSR count).